The van der Waals surface area contributed by atoms with Gasteiger partial charge in [0, 0.05) is 15.8 Å². The molecule has 0 N–H and O–H groups in total. The van der Waals surface area contributed by atoms with Crippen LogP contribution in [0.3, 0.4) is 0 Å². The van der Waals surface area contributed by atoms with E-state index < -0.39 is 6.16 Å². The zero-order chi connectivity index (χ0) is 14.8. The van der Waals surface area contributed by atoms with Gasteiger partial charge < -0.3 is 9.47 Å². The molecule has 21 heavy (non-hydrogen) atoms. The quantitative estimate of drug-likeness (QED) is 0.371. The van der Waals surface area contributed by atoms with Gasteiger partial charge in [-0.2, -0.15) is 0 Å². The molecule has 0 unspecified atom stereocenters. The Morgan fingerprint density at radius 3 is 2.62 bits per heavy atom. The molecule has 3 rings (SSSR count). The summed E-state index contributed by atoms with van der Waals surface area (Å²) in [5.74, 6) is 0.476. The highest BCUT2D eigenvalue weighted by molar-refractivity contribution is 6.31. The van der Waals surface area contributed by atoms with E-state index in [1.54, 1.807) is 13.0 Å². The number of ether oxygens (including phenoxy) is 2. The Kier molecular flexibility index (Phi) is 3.67. The van der Waals surface area contributed by atoms with Crippen molar-refractivity contribution in [1.82, 2.24) is 0 Å². The van der Waals surface area contributed by atoms with Crippen molar-refractivity contribution in [2.24, 2.45) is 0 Å². The van der Waals surface area contributed by atoms with Crippen LogP contribution >= 0.6 is 11.6 Å². The fraction of sp³-hybridized carbons (Fsp3) is 0.118. The Balaban J connectivity index is 2.28. The molecule has 0 saturated heterocycles. The third kappa shape index (κ3) is 2.65. The van der Waals surface area contributed by atoms with Crippen LogP contribution in [0.2, 0.25) is 5.02 Å². The van der Waals surface area contributed by atoms with Gasteiger partial charge in [0.2, 0.25) is 0 Å². The zero-order valence-electron chi connectivity index (χ0n) is 11.4. The van der Waals surface area contributed by atoms with Gasteiger partial charge in [-0.25, -0.2) is 4.79 Å². The van der Waals surface area contributed by atoms with Crippen LogP contribution in [-0.4, -0.2) is 12.8 Å². The predicted octanol–water partition coefficient (Wildman–Crippen LogP) is 5.18. The average molecular weight is 301 g/mol. The minimum atomic E-state index is -0.713. The molecule has 0 fully saturated rings. The molecule has 0 radical (unpaired) electrons. The van der Waals surface area contributed by atoms with E-state index in [0.29, 0.717) is 10.8 Å². The van der Waals surface area contributed by atoms with Crippen molar-refractivity contribution < 1.29 is 14.3 Å². The van der Waals surface area contributed by atoms with Crippen LogP contribution in [0.15, 0.2) is 48.5 Å². The van der Waals surface area contributed by atoms with Gasteiger partial charge in [-0.05, 0) is 35.9 Å². The topological polar surface area (TPSA) is 35.5 Å². The Morgan fingerprint density at radius 1 is 1.05 bits per heavy atom. The van der Waals surface area contributed by atoms with Gasteiger partial charge in [-0.3, -0.25) is 0 Å². The number of halogens is 1. The first-order chi connectivity index (χ1) is 10.2. The van der Waals surface area contributed by atoms with Crippen molar-refractivity contribution in [3.8, 4) is 5.75 Å². The van der Waals surface area contributed by atoms with Crippen LogP contribution in [0.25, 0.3) is 21.5 Å². The van der Waals surface area contributed by atoms with Gasteiger partial charge >= 0.3 is 6.16 Å². The second-order valence-electron chi connectivity index (χ2n) is 4.58. The van der Waals surface area contributed by atoms with Crippen molar-refractivity contribution in [3.63, 3.8) is 0 Å². The molecule has 4 heteroatoms. The van der Waals surface area contributed by atoms with Crippen LogP contribution in [-0.2, 0) is 4.74 Å². The van der Waals surface area contributed by atoms with Crippen molar-refractivity contribution in [3.05, 3.63) is 53.6 Å². The standard InChI is InChI=1S/C17H13ClO3/c1-2-20-17(19)21-16-14-6-4-3-5-11(14)9-12-7-8-13(18)10-15(12)16/h3-10H,2H2,1H3. The summed E-state index contributed by atoms with van der Waals surface area (Å²) in [4.78, 5) is 11.7. The van der Waals surface area contributed by atoms with E-state index in [1.807, 2.05) is 42.5 Å². The first-order valence-corrected chi connectivity index (χ1v) is 7.02. The maximum absolute atomic E-state index is 11.7. The number of hydrogen-bond donors (Lipinski definition) is 0. The molecule has 0 atom stereocenters. The molecule has 0 heterocycles. The summed E-state index contributed by atoms with van der Waals surface area (Å²) in [6.07, 6.45) is -0.713. The van der Waals surface area contributed by atoms with E-state index in [2.05, 4.69) is 0 Å². The summed E-state index contributed by atoms with van der Waals surface area (Å²) in [7, 11) is 0. The molecule has 0 saturated carbocycles. The average Bonchev–Trinajstić information content (AvgIpc) is 2.48. The van der Waals surface area contributed by atoms with Gasteiger partial charge in [0.05, 0.1) is 6.61 Å². The number of carbonyl (C=O) groups is 1. The van der Waals surface area contributed by atoms with Gasteiger partial charge in [0.25, 0.3) is 0 Å². The first kappa shape index (κ1) is 13.7. The smallest absolute Gasteiger partial charge is 0.434 e. The summed E-state index contributed by atoms with van der Waals surface area (Å²) in [5.41, 5.74) is 0. The van der Waals surface area contributed by atoms with Crippen molar-refractivity contribution in [2.45, 2.75) is 6.92 Å². The van der Waals surface area contributed by atoms with Crippen molar-refractivity contribution >= 4 is 39.3 Å². The lowest BCUT2D eigenvalue weighted by Crippen LogP contribution is -2.10. The fourth-order valence-corrected chi connectivity index (χ4v) is 2.51. The third-order valence-corrected chi connectivity index (χ3v) is 3.46. The van der Waals surface area contributed by atoms with Crippen LogP contribution in [0, 0.1) is 0 Å². The minimum Gasteiger partial charge on any atom is -0.434 e. The second kappa shape index (κ2) is 5.62. The van der Waals surface area contributed by atoms with Gasteiger partial charge in [0.15, 0.2) is 0 Å². The number of fused-ring (bicyclic) bond motifs is 2. The van der Waals surface area contributed by atoms with E-state index in [0.717, 1.165) is 21.5 Å². The lowest BCUT2D eigenvalue weighted by molar-refractivity contribution is 0.105. The van der Waals surface area contributed by atoms with Crippen LogP contribution in [0.4, 0.5) is 4.79 Å². The summed E-state index contributed by atoms with van der Waals surface area (Å²) in [6.45, 7) is 2.00. The molecular formula is C17H13ClO3. The number of carbonyl (C=O) groups excluding carboxylic acids is 1. The third-order valence-electron chi connectivity index (χ3n) is 3.22. The minimum absolute atomic E-state index is 0.266. The molecule has 3 aromatic rings. The second-order valence-corrected chi connectivity index (χ2v) is 5.01. The molecule has 0 aliphatic heterocycles. The molecule has 0 spiro atoms. The molecule has 0 amide bonds. The highest BCUT2D eigenvalue weighted by Gasteiger charge is 2.13. The fourth-order valence-electron chi connectivity index (χ4n) is 2.33. The predicted molar refractivity (Wildman–Crippen MR) is 84.1 cm³/mol. The lowest BCUT2D eigenvalue weighted by Gasteiger charge is -2.11. The highest BCUT2D eigenvalue weighted by atomic mass is 35.5. The van der Waals surface area contributed by atoms with E-state index in [-0.39, 0.29) is 6.61 Å². The van der Waals surface area contributed by atoms with Crippen molar-refractivity contribution in [2.75, 3.05) is 6.61 Å². The normalized spacial score (nSPS) is 10.8. The lowest BCUT2D eigenvalue weighted by atomic mass is 10.0. The van der Waals surface area contributed by atoms with E-state index >= 15 is 0 Å². The summed E-state index contributed by atoms with van der Waals surface area (Å²) in [5, 5.41) is 4.17. The molecular weight excluding hydrogens is 288 g/mol. The maximum Gasteiger partial charge on any atom is 0.513 e. The molecule has 0 aliphatic carbocycles. The Labute approximate surface area is 127 Å². The monoisotopic (exact) mass is 300 g/mol. The largest absolute Gasteiger partial charge is 0.513 e. The molecule has 3 aromatic carbocycles. The number of hydrogen-bond acceptors (Lipinski definition) is 3. The van der Waals surface area contributed by atoms with E-state index in [4.69, 9.17) is 21.1 Å². The van der Waals surface area contributed by atoms with Crippen LogP contribution in [0.5, 0.6) is 5.75 Å². The van der Waals surface area contributed by atoms with Crippen molar-refractivity contribution in [1.29, 1.82) is 0 Å². The zero-order valence-corrected chi connectivity index (χ0v) is 12.2. The Hall–Kier alpha value is -2.26. The SMILES string of the molecule is CCOC(=O)Oc1c2ccccc2cc2ccc(Cl)cc12. The van der Waals surface area contributed by atoms with Crippen LogP contribution in [0.1, 0.15) is 6.92 Å². The summed E-state index contributed by atoms with van der Waals surface area (Å²) < 4.78 is 10.3. The molecule has 0 aliphatic rings. The molecule has 0 aromatic heterocycles. The van der Waals surface area contributed by atoms with E-state index in [9.17, 15) is 4.79 Å². The van der Waals surface area contributed by atoms with Gasteiger partial charge in [-0.15, -0.1) is 0 Å². The molecule has 3 nitrogen and oxygen atoms in total. The molecule has 0 bridgehead atoms. The summed E-state index contributed by atoms with van der Waals surface area (Å²) in [6, 6.07) is 15.3. The van der Waals surface area contributed by atoms with Crippen LogP contribution < -0.4 is 4.74 Å². The van der Waals surface area contributed by atoms with Gasteiger partial charge in [-0.1, -0.05) is 41.9 Å². The summed E-state index contributed by atoms with van der Waals surface area (Å²) >= 11 is 6.07. The number of benzene rings is 3. The first-order valence-electron chi connectivity index (χ1n) is 6.64. The highest BCUT2D eigenvalue weighted by Crippen LogP contribution is 2.36. The molecule has 106 valence electrons. The van der Waals surface area contributed by atoms with Gasteiger partial charge in [0.1, 0.15) is 5.75 Å². The Bertz CT molecular complexity index is 827. The Morgan fingerprint density at radius 2 is 1.81 bits per heavy atom. The van der Waals surface area contributed by atoms with E-state index in [1.165, 1.54) is 0 Å². The maximum atomic E-state index is 11.7. The number of rotatable bonds is 2.